The second-order valence-corrected chi connectivity index (χ2v) is 10.2. The lowest BCUT2D eigenvalue weighted by Crippen LogP contribution is -2.42. The Morgan fingerprint density at radius 1 is 1.14 bits per heavy atom. The van der Waals surface area contributed by atoms with Gasteiger partial charge in [-0.3, -0.25) is 9.59 Å². The number of halogens is 3. The molecule has 4 heterocycles. The first-order chi connectivity index (χ1) is 17.7. The van der Waals surface area contributed by atoms with Gasteiger partial charge in [-0.15, -0.1) is 10.2 Å². The molecule has 0 radical (unpaired) electrons. The van der Waals surface area contributed by atoms with E-state index in [1.54, 1.807) is 12.3 Å². The molecule has 5 rings (SSSR count). The molecule has 0 unspecified atom stereocenters. The highest BCUT2D eigenvalue weighted by atomic mass is 19.4. The zero-order valence-electron chi connectivity index (χ0n) is 20.4. The van der Waals surface area contributed by atoms with Gasteiger partial charge >= 0.3 is 6.18 Å². The molecule has 1 atom stereocenters. The Kier molecular flexibility index (Phi) is 6.78. The molecule has 2 amide bonds. The van der Waals surface area contributed by atoms with Gasteiger partial charge in [0, 0.05) is 31.0 Å². The number of carbonyl (C=O) groups is 2. The number of pyridine rings is 1. The smallest absolute Gasteiger partial charge is 0.381 e. The van der Waals surface area contributed by atoms with Crippen LogP contribution in [0, 0.1) is 11.8 Å². The Labute approximate surface area is 212 Å². The van der Waals surface area contributed by atoms with Crippen molar-refractivity contribution in [2.45, 2.75) is 63.1 Å². The van der Waals surface area contributed by atoms with Crippen LogP contribution in [0.2, 0.25) is 0 Å². The van der Waals surface area contributed by atoms with Gasteiger partial charge in [0.2, 0.25) is 11.8 Å². The number of hydrogen-bond acceptors (Lipinski definition) is 7. The summed E-state index contributed by atoms with van der Waals surface area (Å²) in [7, 11) is 0. The number of ether oxygens (including phenoxy) is 1. The van der Waals surface area contributed by atoms with E-state index < -0.39 is 23.3 Å². The Balaban J connectivity index is 1.35. The summed E-state index contributed by atoms with van der Waals surface area (Å²) >= 11 is 0. The first-order valence-corrected chi connectivity index (χ1v) is 12.5. The Bertz CT molecular complexity index is 1160. The molecule has 1 saturated carbocycles. The van der Waals surface area contributed by atoms with E-state index in [1.165, 1.54) is 6.07 Å². The van der Waals surface area contributed by atoms with Crippen LogP contribution in [-0.2, 0) is 25.9 Å². The third-order valence-electron chi connectivity index (χ3n) is 7.77. The van der Waals surface area contributed by atoms with Crippen molar-refractivity contribution in [3.63, 3.8) is 0 Å². The fourth-order valence-electron chi connectivity index (χ4n) is 5.53. The van der Waals surface area contributed by atoms with Crippen molar-refractivity contribution >= 4 is 29.1 Å². The zero-order valence-corrected chi connectivity index (χ0v) is 20.4. The third kappa shape index (κ3) is 5.11. The van der Waals surface area contributed by atoms with Crippen LogP contribution in [0.3, 0.4) is 0 Å². The lowest BCUT2D eigenvalue weighted by Gasteiger charge is -2.32. The van der Waals surface area contributed by atoms with Gasteiger partial charge in [-0.25, -0.2) is 4.98 Å². The number of hydrogen-bond donors (Lipinski definition) is 3. The van der Waals surface area contributed by atoms with E-state index in [1.807, 2.05) is 0 Å². The summed E-state index contributed by atoms with van der Waals surface area (Å²) in [4.78, 5) is 30.6. The van der Waals surface area contributed by atoms with E-state index in [2.05, 4.69) is 38.1 Å². The van der Waals surface area contributed by atoms with Gasteiger partial charge in [-0.05, 0) is 49.7 Å². The second-order valence-electron chi connectivity index (χ2n) is 10.2. The van der Waals surface area contributed by atoms with Crippen LogP contribution in [0.5, 0.6) is 0 Å². The normalized spacial score (nSPS) is 23.7. The van der Waals surface area contributed by atoms with E-state index >= 15 is 0 Å². The summed E-state index contributed by atoms with van der Waals surface area (Å²) in [6, 6.07) is 2.92. The zero-order chi connectivity index (χ0) is 26.2. The first-order valence-electron chi connectivity index (χ1n) is 12.5. The van der Waals surface area contributed by atoms with Crippen LogP contribution in [-0.4, -0.2) is 46.3 Å². The SMILES string of the molecule is C[C@H]1CC[C@H]([C@H](Nc2ccc(C(F)(F)F)nn2)C(=O)Nc2cc3c(cn2)C2(CCOCC2)C(=O)N3)CC1. The van der Waals surface area contributed by atoms with E-state index in [9.17, 15) is 22.8 Å². The quantitative estimate of drug-likeness (QED) is 0.545. The number of carbonyl (C=O) groups excluding carboxylic acids is 2. The molecule has 2 aromatic heterocycles. The molecule has 1 saturated heterocycles. The Morgan fingerprint density at radius 3 is 2.51 bits per heavy atom. The maximum absolute atomic E-state index is 13.4. The maximum atomic E-state index is 13.4. The number of nitrogens with one attached hydrogen (secondary N) is 3. The van der Waals surface area contributed by atoms with E-state index in [4.69, 9.17) is 4.74 Å². The molecule has 0 bridgehead atoms. The van der Waals surface area contributed by atoms with Crippen molar-refractivity contribution in [3.05, 3.63) is 35.7 Å². The van der Waals surface area contributed by atoms with Crippen LogP contribution in [0.25, 0.3) is 0 Å². The van der Waals surface area contributed by atoms with Gasteiger partial charge in [-0.2, -0.15) is 13.2 Å². The monoisotopic (exact) mass is 518 g/mol. The first kappa shape index (κ1) is 25.4. The van der Waals surface area contributed by atoms with Crippen LogP contribution in [0.15, 0.2) is 24.4 Å². The molecule has 2 aliphatic heterocycles. The summed E-state index contributed by atoms with van der Waals surface area (Å²) in [6.45, 7) is 3.14. The fraction of sp³-hybridized carbons (Fsp3) is 0.560. The fourth-order valence-corrected chi connectivity index (χ4v) is 5.53. The highest BCUT2D eigenvalue weighted by molar-refractivity contribution is 6.07. The highest BCUT2D eigenvalue weighted by Crippen LogP contribution is 2.44. The standard InChI is InChI=1S/C25H29F3N6O3/c1-14-2-4-15(5-3-14)21(31-19-7-6-18(33-34-19)25(26,27)28)22(35)32-20-12-17-16(13-29-20)24(23(36)30-17)8-10-37-11-9-24/h6-7,12-15,21H,2-5,8-11H2,1H3,(H,30,36)(H,31,34)(H,29,32,35)/t14-,15-,21-/m0/s1. The largest absolute Gasteiger partial charge is 0.435 e. The van der Waals surface area contributed by atoms with Gasteiger partial charge in [0.25, 0.3) is 0 Å². The molecule has 37 heavy (non-hydrogen) atoms. The van der Waals surface area contributed by atoms with Crippen LogP contribution in [0.4, 0.5) is 30.5 Å². The predicted octanol–water partition coefficient (Wildman–Crippen LogP) is 4.14. The second kappa shape index (κ2) is 9.88. The summed E-state index contributed by atoms with van der Waals surface area (Å²) in [5.41, 5.74) is -0.346. The molecule has 3 N–H and O–H groups in total. The van der Waals surface area contributed by atoms with E-state index in [0.717, 1.165) is 37.3 Å². The number of anilines is 3. The Morgan fingerprint density at radius 2 is 1.86 bits per heavy atom. The summed E-state index contributed by atoms with van der Waals surface area (Å²) in [5, 5.41) is 15.7. The number of nitrogens with zero attached hydrogens (tertiary/aromatic N) is 3. The van der Waals surface area contributed by atoms with Crippen LogP contribution >= 0.6 is 0 Å². The van der Waals surface area contributed by atoms with Crippen molar-refractivity contribution in [1.82, 2.24) is 15.2 Å². The molecule has 3 aliphatic rings. The Hall–Kier alpha value is -3.28. The number of alkyl halides is 3. The number of amides is 2. The van der Waals surface area contributed by atoms with Gasteiger partial charge in [0.1, 0.15) is 17.7 Å². The number of fused-ring (bicyclic) bond motifs is 2. The van der Waals surface area contributed by atoms with Gasteiger partial charge < -0.3 is 20.7 Å². The molecule has 2 fully saturated rings. The molecule has 1 spiro atoms. The molecular formula is C25H29F3N6O3. The molecule has 198 valence electrons. The lowest BCUT2D eigenvalue weighted by molar-refractivity contribution is -0.141. The van der Waals surface area contributed by atoms with Gasteiger partial charge in [-0.1, -0.05) is 19.8 Å². The predicted molar refractivity (Wildman–Crippen MR) is 129 cm³/mol. The maximum Gasteiger partial charge on any atom is 0.435 e. The topological polar surface area (TPSA) is 118 Å². The average Bonchev–Trinajstić information content (AvgIpc) is 3.13. The lowest BCUT2D eigenvalue weighted by atomic mass is 9.76. The van der Waals surface area contributed by atoms with Crippen molar-refractivity contribution < 1.29 is 27.5 Å². The minimum absolute atomic E-state index is 0.0417. The minimum atomic E-state index is -4.60. The summed E-state index contributed by atoms with van der Waals surface area (Å²) < 4.78 is 44.1. The van der Waals surface area contributed by atoms with E-state index in [0.29, 0.717) is 37.7 Å². The third-order valence-corrected chi connectivity index (χ3v) is 7.77. The van der Waals surface area contributed by atoms with Crippen LogP contribution < -0.4 is 16.0 Å². The number of aromatic nitrogens is 3. The number of rotatable bonds is 5. The van der Waals surface area contributed by atoms with Crippen molar-refractivity contribution in [3.8, 4) is 0 Å². The van der Waals surface area contributed by atoms with Crippen molar-refractivity contribution in [2.24, 2.45) is 11.8 Å². The van der Waals surface area contributed by atoms with Crippen molar-refractivity contribution in [2.75, 3.05) is 29.2 Å². The van der Waals surface area contributed by atoms with E-state index in [-0.39, 0.29) is 29.4 Å². The van der Waals surface area contributed by atoms with Gasteiger partial charge in [0.05, 0.1) is 11.1 Å². The van der Waals surface area contributed by atoms with Crippen LogP contribution in [0.1, 0.15) is 56.7 Å². The molecule has 2 aromatic rings. The molecule has 1 aliphatic carbocycles. The summed E-state index contributed by atoms with van der Waals surface area (Å²) in [6.07, 6.45) is 1.64. The minimum Gasteiger partial charge on any atom is -0.381 e. The van der Waals surface area contributed by atoms with Crippen molar-refractivity contribution in [1.29, 1.82) is 0 Å². The average molecular weight is 519 g/mol. The molecule has 9 nitrogen and oxygen atoms in total. The van der Waals surface area contributed by atoms with Gasteiger partial charge in [0.15, 0.2) is 5.69 Å². The summed E-state index contributed by atoms with van der Waals surface area (Å²) in [5.74, 6) is 0.405. The molecule has 0 aromatic carbocycles. The highest BCUT2D eigenvalue weighted by Gasteiger charge is 2.48. The molecular weight excluding hydrogens is 489 g/mol. The molecule has 12 heteroatoms.